The average molecular weight is 497 g/mol. The van der Waals surface area contributed by atoms with E-state index in [1.54, 1.807) is 42.5 Å². The Balaban J connectivity index is 1.78. The number of fused-ring (bicyclic) bond motifs is 1. The number of ether oxygens (including phenoxy) is 2. The van der Waals surface area contributed by atoms with Gasteiger partial charge in [0.25, 0.3) is 5.91 Å². The molecule has 7 nitrogen and oxygen atoms in total. The summed E-state index contributed by atoms with van der Waals surface area (Å²) in [5.74, 6) is 0.570. The van der Waals surface area contributed by atoms with Gasteiger partial charge in [0.2, 0.25) is 0 Å². The van der Waals surface area contributed by atoms with Gasteiger partial charge in [-0.2, -0.15) is 4.99 Å². The zero-order valence-electron chi connectivity index (χ0n) is 18.8. The molecule has 3 aromatic carbocycles. The van der Waals surface area contributed by atoms with Crippen molar-refractivity contribution in [2.45, 2.75) is 18.4 Å². The Hall–Kier alpha value is -3.27. The fraction of sp³-hybridized carbons (Fsp3) is 0.200. The van der Waals surface area contributed by atoms with Gasteiger partial charge in [-0.25, -0.2) is 8.42 Å². The lowest BCUT2D eigenvalue weighted by molar-refractivity contribution is 0.0994. The third kappa shape index (κ3) is 5.44. The lowest BCUT2D eigenvalue weighted by atomic mass is 10.2. The van der Waals surface area contributed by atoms with Crippen molar-refractivity contribution in [2.24, 2.45) is 4.99 Å². The van der Waals surface area contributed by atoms with Crippen molar-refractivity contribution in [3.05, 3.63) is 83.2 Å². The van der Waals surface area contributed by atoms with Crippen molar-refractivity contribution in [2.75, 3.05) is 19.5 Å². The Morgan fingerprint density at radius 2 is 1.76 bits per heavy atom. The number of nitrogens with zero attached hydrogens (tertiary/aromatic N) is 2. The van der Waals surface area contributed by atoms with E-state index in [1.807, 2.05) is 41.8 Å². The summed E-state index contributed by atoms with van der Waals surface area (Å²) in [5.41, 5.74) is 1.12. The molecule has 0 fully saturated rings. The van der Waals surface area contributed by atoms with Crippen LogP contribution < -0.4 is 9.54 Å². The molecule has 1 heterocycles. The normalized spacial score (nSPS) is 12.2. The summed E-state index contributed by atoms with van der Waals surface area (Å²) in [5, 5.41) is 0. The van der Waals surface area contributed by atoms with Gasteiger partial charge in [0, 0.05) is 19.4 Å². The third-order valence-corrected chi connectivity index (χ3v) is 7.18. The highest BCUT2D eigenvalue weighted by molar-refractivity contribution is 7.90. The zero-order valence-corrected chi connectivity index (χ0v) is 20.4. The largest absolute Gasteiger partial charge is 0.457 e. The lowest BCUT2D eigenvalue weighted by Crippen LogP contribution is -2.20. The molecule has 176 valence electrons. The maximum atomic E-state index is 13.2. The molecule has 0 aliphatic heterocycles. The topological polar surface area (TPSA) is 87.0 Å². The smallest absolute Gasteiger partial charge is 0.283 e. The molecule has 4 aromatic rings. The number of thiazole rings is 1. The molecule has 0 atom stereocenters. The molecule has 0 saturated carbocycles. The molecule has 1 amide bonds. The molecular weight excluding hydrogens is 472 g/mol. The van der Waals surface area contributed by atoms with Crippen LogP contribution in [0.2, 0.25) is 0 Å². The molecule has 0 spiro atoms. The van der Waals surface area contributed by atoms with Crippen LogP contribution >= 0.6 is 11.3 Å². The highest BCUT2D eigenvalue weighted by atomic mass is 32.2. The highest BCUT2D eigenvalue weighted by Crippen LogP contribution is 2.26. The second kappa shape index (κ2) is 10.3. The minimum absolute atomic E-state index is 0.220. The maximum Gasteiger partial charge on any atom is 0.283 e. The van der Waals surface area contributed by atoms with Crippen LogP contribution in [0.3, 0.4) is 0 Å². The molecule has 0 radical (unpaired) electrons. The van der Waals surface area contributed by atoms with E-state index in [9.17, 15) is 13.2 Å². The average Bonchev–Trinajstić information content (AvgIpc) is 3.16. The molecule has 1 aromatic heterocycles. The molecule has 0 N–H and O–H groups in total. The second-order valence-corrected chi connectivity index (χ2v) is 10.5. The molecule has 0 saturated heterocycles. The van der Waals surface area contributed by atoms with Crippen molar-refractivity contribution in [3.8, 4) is 11.5 Å². The molecule has 0 unspecified atom stereocenters. The number of amides is 1. The summed E-state index contributed by atoms with van der Waals surface area (Å²) in [7, 11) is -3.36. The van der Waals surface area contributed by atoms with Crippen molar-refractivity contribution in [3.63, 3.8) is 0 Å². The van der Waals surface area contributed by atoms with E-state index in [-0.39, 0.29) is 4.90 Å². The van der Waals surface area contributed by atoms with Crippen LogP contribution in [0.25, 0.3) is 10.2 Å². The summed E-state index contributed by atoms with van der Waals surface area (Å²) in [6, 6.07) is 21.1. The number of aromatic nitrogens is 1. The molecular formula is C25H24N2O5S2. The van der Waals surface area contributed by atoms with E-state index in [0.717, 1.165) is 10.2 Å². The van der Waals surface area contributed by atoms with Crippen molar-refractivity contribution < 1.29 is 22.7 Å². The van der Waals surface area contributed by atoms with Crippen LogP contribution in [0.15, 0.2) is 82.7 Å². The van der Waals surface area contributed by atoms with Gasteiger partial charge in [0.15, 0.2) is 14.6 Å². The van der Waals surface area contributed by atoms with Gasteiger partial charge in [0.1, 0.15) is 11.5 Å². The maximum absolute atomic E-state index is 13.2. The molecule has 9 heteroatoms. The predicted octanol–water partition coefficient (Wildman–Crippen LogP) is 4.68. The highest BCUT2D eigenvalue weighted by Gasteiger charge is 2.16. The Morgan fingerprint density at radius 1 is 1.03 bits per heavy atom. The van der Waals surface area contributed by atoms with Crippen molar-refractivity contribution in [1.82, 2.24) is 4.57 Å². The van der Waals surface area contributed by atoms with Gasteiger partial charge in [-0.3, -0.25) is 4.79 Å². The van der Waals surface area contributed by atoms with Gasteiger partial charge < -0.3 is 14.0 Å². The first-order valence-electron chi connectivity index (χ1n) is 10.7. The standard InChI is InChI=1S/C25H24N2O5S2/c1-3-31-16-15-27-21-14-13-19(34(2,29)30)17-23(21)33-25(27)26-24(28)20-11-7-8-12-22(20)32-18-9-5-4-6-10-18/h4-14,17H,3,15-16H2,1-2H3. The Kier molecular flexibility index (Phi) is 7.26. The van der Waals surface area contributed by atoms with E-state index in [2.05, 4.69) is 4.99 Å². The second-order valence-electron chi connectivity index (χ2n) is 7.46. The Bertz CT molecular complexity index is 1490. The Labute approximate surface area is 201 Å². The number of para-hydroxylation sites is 2. The van der Waals surface area contributed by atoms with Crippen LogP contribution in [0.1, 0.15) is 17.3 Å². The fourth-order valence-corrected chi connectivity index (χ4v) is 5.20. The SMILES string of the molecule is CCOCCn1c(=NC(=O)c2ccccc2Oc2ccccc2)sc2cc(S(C)(=O)=O)ccc21. The quantitative estimate of drug-likeness (QED) is 0.331. The van der Waals surface area contributed by atoms with Gasteiger partial charge in [-0.15, -0.1) is 0 Å². The van der Waals surface area contributed by atoms with Gasteiger partial charge in [-0.05, 0) is 49.4 Å². The van der Waals surface area contributed by atoms with E-state index < -0.39 is 15.7 Å². The van der Waals surface area contributed by atoms with Gasteiger partial charge in [0.05, 0.1) is 27.3 Å². The monoisotopic (exact) mass is 496 g/mol. The summed E-state index contributed by atoms with van der Waals surface area (Å²) in [6.07, 6.45) is 1.17. The summed E-state index contributed by atoms with van der Waals surface area (Å²) < 4.78 is 38.1. The molecule has 4 rings (SSSR count). The van der Waals surface area contributed by atoms with Crippen LogP contribution in [-0.4, -0.2) is 38.4 Å². The third-order valence-electron chi connectivity index (χ3n) is 5.03. The first kappa shape index (κ1) is 23.9. The number of carbonyl (C=O) groups is 1. The molecule has 0 bridgehead atoms. The Morgan fingerprint density at radius 3 is 2.50 bits per heavy atom. The first-order valence-corrected chi connectivity index (χ1v) is 13.4. The van der Waals surface area contributed by atoms with Crippen LogP contribution in [-0.2, 0) is 21.1 Å². The van der Waals surface area contributed by atoms with E-state index in [1.165, 1.54) is 17.6 Å². The molecule has 34 heavy (non-hydrogen) atoms. The summed E-state index contributed by atoms with van der Waals surface area (Å²) >= 11 is 1.26. The first-order chi connectivity index (χ1) is 16.4. The van der Waals surface area contributed by atoms with Gasteiger partial charge in [-0.1, -0.05) is 41.7 Å². The zero-order chi connectivity index (χ0) is 24.1. The van der Waals surface area contributed by atoms with E-state index in [0.29, 0.717) is 41.6 Å². The molecule has 0 aliphatic carbocycles. The van der Waals surface area contributed by atoms with Gasteiger partial charge >= 0.3 is 0 Å². The minimum Gasteiger partial charge on any atom is -0.457 e. The lowest BCUT2D eigenvalue weighted by Gasteiger charge is -2.09. The number of rotatable bonds is 8. The fourth-order valence-electron chi connectivity index (χ4n) is 3.38. The summed E-state index contributed by atoms with van der Waals surface area (Å²) in [6.45, 7) is 3.38. The number of benzene rings is 3. The number of hydrogen-bond acceptors (Lipinski definition) is 6. The van der Waals surface area contributed by atoms with Crippen molar-refractivity contribution in [1.29, 1.82) is 0 Å². The van der Waals surface area contributed by atoms with E-state index >= 15 is 0 Å². The van der Waals surface area contributed by atoms with Crippen LogP contribution in [0.4, 0.5) is 0 Å². The predicted molar refractivity (Wildman–Crippen MR) is 132 cm³/mol. The number of carbonyl (C=O) groups excluding carboxylic acids is 1. The minimum atomic E-state index is -3.36. The van der Waals surface area contributed by atoms with Crippen LogP contribution in [0, 0.1) is 0 Å². The molecule has 0 aliphatic rings. The number of hydrogen-bond donors (Lipinski definition) is 0. The van der Waals surface area contributed by atoms with Crippen LogP contribution in [0.5, 0.6) is 11.5 Å². The number of sulfone groups is 1. The van der Waals surface area contributed by atoms with Crippen molar-refractivity contribution >= 4 is 37.3 Å². The summed E-state index contributed by atoms with van der Waals surface area (Å²) in [4.78, 5) is 18.3. The van der Waals surface area contributed by atoms with E-state index in [4.69, 9.17) is 9.47 Å².